The van der Waals surface area contributed by atoms with Crippen molar-refractivity contribution in [2.24, 2.45) is 0 Å². The Hall–Kier alpha value is -1.63. The molecule has 2 nitrogen and oxygen atoms in total. The van der Waals surface area contributed by atoms with Gasteiger partial charge in [0.1, 0.15) is 0 Å². The summed E-state index contributed by atoms with van der Waals surface area (Å²) < 4.78 is 51.5. The highest BCUT2D eigenvalue weighted by Gasteiger charge is 2.30. The first-order chi connectivity index (χ1) is 8.86. The molecule has 0 fully saturated rings. The number of hydrogen-bond donors (Lipinski definition) is 1. The number of hydrogen-bond acceptors (Lipinski definition) is 2. The first-order valence-corrected chi connectivity index (χ1v) is 5.91. The molecule has 0 saturated heterocycles. The van der Waals surface area contributed by atoms with Crippen LogP contribution in [0.3, 0.4) is 0 Å². The number of nitrogens with zero attached hydrogens (tertiary/aromatic N) is 1. The Balaban J connectivity index is 2.29. The van der Waals surface area contributed by atoms with E-state index in [0.717, 1.165) is 12.1 Å². The maximum atomic E-state index is 13.5. The molecule has 1 aromatic heterocycles. The second kappa shape index (κ2) is 5.16. The molecule has 0 atom stereocenters. The first kappa shape index (κ1) is 13.8. The summed E-state index contributed by atoms with van der Waals surface area (Å²) in [6.45, 7) is 0. The summed E-state index contributed by atoms with van der Waals surface area (Å²) in [5, 5.41) is 2.50. The fourth-order valence-corrected chi connectivity index (χ4v) is 1.72. The van der Waals surface area contributed by atoms with E-state index >= 15 is 0 Å². The summed E-state index contributed by atoms with van der Waals surface area (Å²) in [4.78, 5) is 3.75. The molecular weight excluding hydrogens is 328 g/mol. The number of alkyl halides is 3. The van der Waals surface area contributed by atoms with Gasteiger partial charge in [-0.1, -0.05) is 6.07 Å². The van der Waals surface area contributed by atoms with Crippen LogP contribution in [0.25, 0.3) is 0 Å². The van der Waals surface area contributed by atoms with E-state index in [0.29, 0.717) is 4.47 Å². The molecule has 0 unspecified atom stereocenters. The van der Waals surface area contributed by atoms with Gasteiger partial charge in [-0.3, -0.25) is 0 Å². The van der Waals surface area contributed by atoms with E-state index in [9.17, 15) is 17.6 Å². The largest absolute Gasteiger partial charge is 0.416 e. The van der Waals surface area contributed by atoms with Crippen LogP contribution in [0.2, 0.25) is 0 Å². The summed E-state index contributed by atoms with van der Waals surface area (Å²) in [7, 11) is 0. The Labute approximate surface area is 114 Å². The first-order valence-electron chi connectivity index (χ1n) is 5.11. The number of halogens is 5. The van der Waals surface area contributed by atoms with E-state index in [4.69, 9.17) is 0 Å². The molecule has 7 heteroatoms. The highest BCUT2D eigenvalue weighted by Crippen LogP contribution is 2.31. The summed E-state index contributed by atoms with van der Waals surface area (Å²) in [5.74, 6) is -0.797. The van der Waals surface area contributed by atoms with Gasteiger partial charge in [0.05, 0.1) is 5.56 Å². The van der Waals surface area contributed by atoms with Crippen molar-refractivity contribution < 1.29 is 17.6 Å². The monoisotopic (exact) mass is 334 g/mol. The third-order valence-corrected chi connectivity index (χ3v) is 2.69. The fraction of sp³-hybridized carbons (Fsp3) is 0.0833. The molecule has 0 radical (unpaired) electrons. The molecule has 100 valence electrons. The van der Waals surface area contributed by atoms with Gasteiger partial charge in [0.25, 0.3) is 0 Å². The Kier molecular flexibility index (Phi) is 3.75. The zero-order valence-corrected chi connectivity index (χ0v) is 10.9. The Morgan fingerprint density at radius 1 is 1.16 bits per heavy atom. The van der Waals surface area contributed by atoms with Gasteiger partial charge >= 0.3 is 6.18 Å². The van der Waals surface area contributed by atoms with Gasteiger partial charge in [-0.2, -0.15) is 13.2 Å². The smallest absolute Gasteiger partial charge is 0.338 e. The van der Waals surface area contributed by atoms with Crippen molar-refractivity contribution in [1.82, 2.24) is 4.98 Å². The molecule has 0 aliphatic rings. The lowest BCUT2D eigenvalue weighted by molar-refractivity contribution is -0.137. The molecule has 1 heterocycles. The van der Waals surface area contributed by atoms with Crippen molar-refractivity contribution in [3.05, 3.63) is 52.4 Å². The van der Waals surface area contributed by atoms with Crippen LogP contribution in [0, 0.1) is 5.82 Å². The van der Waals surface area contributed by atoms with Crippen molar-refractivity contribution >= 4 is 27.4 Å². The van der Waals surface area contributed by atoms with Crippen molar-refractivity contribution in [3.63, 3.8) is 0 Å². The average molecular weight is 335 g/mol. The van der Waals surface area contributed by atoms with Crippen LogP contribution in [-0.4, -0.2) is 4.98 Å². The minimum absolute atomic E-state index is 0.114. The normalized spacial score (nSPS) is 11.4. The Bertz CT molecular complexity index is 599. The Morgan fingerprint density at radius 2 is 1.89 bits per heavy atom. The molecule has 19 heavy (non-hydrogen) atoms. The van der Waals surface area contributed by atoms with Crippen LogP contribution in [0.5, 0.6) is 0 Å². The van der Waals surface area contributed by atoms with Crippen LogP contribution in [0.4, 0.5) is 29.1 Å². The minimum Gasteiger partial charge on any atom is -0.338 e. The molecule has 2 rings (SSSR count). The number of pyridine rings is 1. The predicted molar refractivity (Wildman–Crippen MR) is 66.6 cm³/mol. The quantitative estimate of drug-likeness (QED) is 0.802. The van der Waals surface area contributed by atoms with E-state index in [-0.39, 0.29) is 11.5 Å². The van der Waals surface area contributed by atoms with E-state index in [1.54, 1.807) is 0 Å². The zero-order valence-electron chi connectivity index (χ0n) is 9.30. The molecule has 0 amide bonds. The second-order valence-electron chi connectivity index (χ2n) is 3.69. The third kappa shape index (κ3) is 3.44. The number of nitrogens with one attached hydrogen (secondary N) is 1. The summed E-state index contributed by atoms with van der Waals surface area (Å²) in [6, 6.07) is 5.64. The average Bonchev–Trinajstić information content (AvgIpc) is 2.32. The lowest BCUT2D eigenvalue weighted by atomic mass is 10.2. The molecule has 0 spiro atoms. The van der Waals surface area contributed by atoms with Crippen molar-refractivity contribution in [3.8, 4) is 0 Å². The van der Waals surface area contributed by atoms with Crippen molar-refractivity contribution in [1.29, 1.82) is 0 Å². The van der Waals surface area contributed by atoms with Gasteiger partial charge in [-0.05, 0) is 40.2 Å². The second-order valence-corrected chi connectivity index (χ2v) is 4.60. The highest BCUT2D eigenvalue weighted by atomic mass is 79.9. The van der Waals surface area contributed by atoms with Gasteiger partial charge in [0, 0.05) is 16.4 Å². The van der Waals surface area contributed by atoms with E-state index in [2.05, 4.69) is 26.2 Å². The summed E-state index contributed by atoms with van der Waals surface area (Å²) in [6.07, 6.45) is -3.09. The number of aromatic nitrogens is 1. The molecule has 0 aliphatic heterocycles. The van der Waals surface area contributed by atoms with Crippen LogP contribution >= 0.6 is 15.9 Å². The van der Waals surface area contributed by atoms with Crippen LogP contribution in [-0.2, 0) is 6.18 Å². The minimum atomic E-state index is -4.44. The van der Waals surface area contributed by atoms with Crippen LogP contribution in [0.15, 0.2) is 41.0 Å². The van der Waals surface area contributed by atoms with E-state index < -0.39 is 17.6 Å². The van der Waals surface area contributed by atoms with Gasteiger partial charge in [-0.25, -0.2) is 9.37 Å². The third-order valence-electron chi connectivity index (χ3n) is 2.26. The SMILES string of the molecule is Fc1cc(Br)cnc1Nc1cccc(C(F)(F)F)c1. The van der Waals surface area contributed by atoms with Gasteiger partial charge in [0.15, 0.2) is 11.6 Å². The number of rotatable bonds is 2. The zero-order chi connectivity index (χ0) is 14.0. The molecular formula is C12H7BrF4N2. The standard InChI is InChI=1S/C12H7BrF4N2/c13-8-5-10(14)11(18-6-8)19-9-3-1-2-7(4-9)12(15,16)17/h1-6H,(H,18,19). The maximum Gasteiger partial charge on any atom is 0.416 e. The summed E-state index contributed by atoms with van der Waals surface area (Å²) in [5.41, 5.74) is -0.696. The molecule has 1 N–H and O–H groups in total. The highest BCUT2D eigenvalue weighted by molar-refractivity contribution is 9.10. The maximum absolute atomic E-state index is 13.5. The molecule has 2 aromatic rings. The van der Waals surface area contributed by atoms with Crippen molar-refractivity contribution in [2.45, 2.75) is 6.18 Å². The van der Waals surface area contributed by atoms with Gasteiger partial charge < -0.3 is 5.32 Å². The van der Waals surface area contributed by atoms with E-state index in [1.807, 2.05) is 0 Å². The summed E-state index contributed by atoms with van der Waals surface area (Å²) >= 11 is 3.04. The van der Waals surface area contributed by atoms with Crippen molar-refractivity contribution in [2.75, 3.05) is 5.32 Å². The number of benzene rings is 1. The lowest BCUT2D eigenvalue weighted by Gasteiger charge is -2.10. The molecule has 0 saturated carbocycles. The molecule has 0 bridgehead atoms. The van der Waals surface area contributed by atoms with E-state index in [1.165, 1.54) is 24.4 Å². The number of anilines is 2. The fourth-order valence-electron chi connectivity index (χ4n) is 1.42. The lowest BCUT2D eigenvalue weighted by Crippen LogP contribution is -2.05. The molecule has 1 aromatic carbocycles. The molecule has 0 aliphatic carbocycles. The Morgan fingerprint density at radius 3 is 2.53 bits per heavy atom. The van der Waals surface area contributed by atoms with Gasteiger partial charge in [-0.15, -0.1) is 0 Å². The van der Waals surface area contributed by atoms with Gasteiger partial charge in [0.2, 0.25) is 0 Å². The topological polar surface area (TPSA) is 24.9 Å². The van der Waals surface area contributed by atoms with Crippen LogP contribution < -0.4 is 5.32 Å². The van der Waals surface area contributed by atoms with Crippen LogP contribution in [0.1, 0.15) is 5.56 Å². The predicted octanol–water partition coefficient (Wildman–Crippen LogP) is 4.75.